The molecule has 3 rings (SSSR count). The SMILES string of the molecule is C[C@@H](OC(=O)c1cccc(Cl)c1Cl)c1nc2ccccc2c(=O)[nH]1. The number of H-pyrrole nitrogens is 1. The summed E-state index contributed by atoms with van der Waals surface area (Å²) in [7, 11) is 0. The van der Waals surface area contributed by atoms with Crippen molar-refractivity contribution in [3.8, 4) is 0 Å². The number of hydrogen-bond donors (Lipinski definition) is 1. The number of aromatic nitrogens is 2. The smallest absolute Gasteiger partial charge is 0.340 e. The average Bonchev–Trinajstić information content (AvgIpc) is 2.57. The van der Waals surface area contributed by atoms with Gasteiger partial charge in [0.05, 0.1) is 26.5 Å². The molecule has 0 radical (unpaired) electrons. The van der Waals surface area contributed by atoms with Crippen molar-refractivity contribution in [3.05, 3.63) is 74.3 Å². The van der Waals surface area contributed by atoms with Crippen molar-refractivity contribution < 1.29 is 9.53 Å². The number of ether oxygens (including phenoxy) is 1. The van der Waals surface area contributed by atoms with Crippen molar-refractivity contribution in [1.29, 1.82) is 0 Å². The molecule has 7 heteroatoms. The highest BCUT2D eigenvalue weighted by Gasteiger charge is 2.19. The lowest BCUT2D eigenvalue weighted by atomic mass is 10.2. The zero-order valence-corrected chi connectivity index (χ0v) is 14.1. The van der Waals surface area contributed by atoms with Crippen molar-refractivity contribution in [1.82, 2.24) is 9.97 Å². The van der Waals surface area contributed by atoms with Gasteiger partial charge < -0.3 is 9.72 Å². The van der Waals surface area contributed by atoms with Crippen LogP contribution in [0.3, 0.4) is 0 Å². The second-order valence-electron chi connectivity index (χ2n) is 5.12. The van der Waals surface area contributed by atoms with Crippen LogP contribution in [0, 0.1) is 0 Å². The number of rotatable bonds is 3. The highest BCUT2D eigenvalue weighted by molar-refractivity contribution is 6.43. The number of aromatic amines is 1. The molecule has 0 aliphatic rings. The Morgan fingerprint density at radius 3 is 2.71 bits per heavy atom. The van der Waals surface area contributed by atoms with Crippen LogP contribution < -0.4 is 5.56 Å². The summed E-state index contributed by atoms with van der Waals surface area (Å²) in [6, 6.07) is 11.6. The standard InChI is InChI=1S/C17H12Cl2N2O3/c1-9(24-17(23)11-6-4-7-12(18)14(11)19)15-20-13-8-3-2-5-10(13)16(22)21-15/h2-9H,1H3,(H,20,21,22)/t9-/m1/s1. The number of esters is 1. The van der Waals surface area contributed by atoms with Crippen molar-refractivity contribution in [2.24, 2.45) is 0 Å². The normalized spacial score (nSPS) is 12.1. The molecular formula is C17H12Cl2N2O3. The predicted molar refractivity (Wildman–Crippen MR) is 92.7 cm³/mol. The van der Waals surface area contributed by atoms with Gasteiger partial charge >= 0.3 is 5.97 Å². The van der Waals surface area contributed by atoms with Crippen LogP contribution in [-0.2, 0) is 4.74 Å². The van der Waals surface area contributed by atoms with E-state index in [0.717, 1.165) is 0 Å². The second kappa shape index (κ2) is 6.63. The summed E-state index contributed by atoms with van der Waals surface area (Å²) < 4.78 is 5.35. The second-order valence-corrected chi connectivity index (χ2v) is 5.90. The highest BCUT2D eigenvalue weighted by Crippen LogP contribution is 2.27. The summed E-state index contributed by atoms with van der Waals surface area (Å²) in [6.45, 7) is 1.61. The van der Waals surface area contributed by atoms with Crippen molar-refractivity contribution in [2.75, 3.05) is 0 Å². The zero-order chi connectivity index (χ0) is 17.3. The first-order valence-electron chi connectivity index (χ1n) is 7.11. The van der Waals surface area contributed by atoms with E-state index in [0.29, 0.717) is 10.9 Å². The summed E-state index contributed by atoms with van der Waals surface area (Å²) >= 11 is 11.9. The molecular weight excluding hydrogens is 351 g/mol. The first-order valence-corrected chi connectivity index (χ1v) is 7.87. The minimum atomic E-state index is -0.759. The number of nitrogens with one attached hydrogen (secondary N) is 1. The van der Waals surface area contributed by atoms with Crippen molar-refractivity contribution in [3.63, 3.8) is 0 Å². The number of fused-ring (bicyclic) bond motifs is 1. The maximum atomic E-state index is 12.3. The zero-order valence-electron chi connectivity index (χ0n) is 12.5. The van der Waals surface area contributed by atoms with E-state index in [-0.39, 0.29) is 27.0 Å². The number of hydrogen-bond acceptors (Lipinski definition) is 4. The first kappa shape index (κ1) is 16.5. The Labute approximate surface area is 147 Å². The molecule has 0 amide bonds. The third-order valence-electron chi connectivity index (χ3n) is 3.47. The lowest BCUT2D eigenvalue weighted by Gasteiger charge is -2.14. The van der Waals surface area contributed by atoms with Crippen LogP contribution in [0.4, 0.5) is 0 Å². The number of carbonyl (C=O) groups is 1. The van der Waals surface area contributed by atoms with Crippen LogP contribution >= 0.6 is 23.2 Å². The molecule has 0 saturated heterocycles. The topological polar surface area (TPSA) is 72.0 Å². The molecule has 122 valence electrons. The fourth-order valence-electron chi connectivity index (χ4n) is 2.24. The molecule has 3 aromatic rings. The maximum Gasteiger partial charge on any atom is 0.340 e. The predicted octanol–water partition coefficient (Wildman–Crippen LogP) is 4.15. The minimum absolute atomic E-state index is 0.122. The van der Waals surface area contributed by atoms with E-state index in [1.165, 1.54) is 6.07 Å². The number of para-hydroxylation sites is 1. The maximum absolute atomic E-state index is 12.3. The molecule has 2 aromatic carbocycles. The van der Waals surface area contributed by atoms with Gasteiger partial charge in [-0.3, -0.25) is 4.79 Å². The minimum Gasteiger partial charge on any atom is -0.451 e. The Hall–Kier alpha value is -2.37. The van der Waals surface area contributed by atoms with Gasteiger partial charge in [-0.1, -0.05) is 41.4 Å². The monoisotopic (exact) mass is 362 g/mol. The fraction of sp³-hybridized carbons (Fsp3) is 0.118. The van der Waals surface area contributed by atoms with Gasteiger partial charge in [-0.25, -0.2) is 9.78 Å². The molecule has 0 unspecified atom stereocenters. The van der Waals surface area contributed by atoms with E-state index in [1.807, 2.05) is 0 Å². The summed E-state index contributed by atoms with van der Waals surface area (Å²) in [5.41, 5.74) is 0.387. The molecule has 24 heavy (non-hydrogen) atoms. The third-order valence-corrected chi connectivity index (χ3v) is 4.29. The van der Waals surface area contributed by atoms with Gasteiger partial charge in [-0.05, 0) is 31.2 Å². The Bertz CT molecular complexity index is 985. The van der Waals surface area contributed by atoms with E-state index in [2.05, 4.69) is 9.97 Å². The van der Waals surface area contributed by atoms with E-state index in [1.54, 1.807) is 43.3 Å². The van der Waals surface area contributed by atoms with Crippen LogP contribution in [0.1, 0.15) is 29.2 Å². The molecule has 1 heterocycles. The summed E-state index contributed by atoms with van der Waals surface area (Å²) in [5.74, 6) is -0.393. The van der Waals surface area contributed by atoms with E-state index in [4.69, 9.17) is 27.9 Å². The molecule has 0 saturated carbocycles. The Morgan fingerprint density at radius 1 is 1.17 bits per heavy atom. The summed E-state index contributed by atoms with van der Waals surface area (Å²) in [4.78, 5) is 31.3. The van der Waals surface area contributed by atoms with E-state index >= 15 is 0 Å². The molecule has 0 aliphatic carbocycles. The molecule has 1 aromatic heterocycles. The van der Waals surface area contributed by atoms with Crippen LogP contribution in [0.5, 0.6) is 0 Å². The Kier molecular flexibility index (Phi) is 4.55. The molecule has 5 nitrogen and oxygen atoms in total. The van der Waals surface area contributed by atoms with Crippen molar-refractivity contribution >= 4 is 40.1 Å². The van der Waals surface area contributed by atoms with Gasteiger partial charge in [0.25, 0.3) is 5.56 Å². The third kappa shape index (κ3) is 3.13. The first-order chi connectivity index (χ1) is 11.5. The van der Waals surface area contributed by atoms with Crippen LogP contribution in [0.2, 0.25) is 10.0 Å². The molecule has 1 atom stereocenters. The number of benzene rings is 2. The van der Waals surface area contributed by atoms with Crippen LogP contribution in [0.15, 0.2) is 47.3 Å². The summed E-state index contributed by atoms with van der Waals surface area (Å²) in [6.07, 6.45) is -0.759. The molecule has 0 aliphatic heterocycles. The molecule has 0 fully saturated rings. The Morgan fingerprint density at radius 2 is 1.92 bits per heavy atom. The fourth-order valence-corrected chi connectivity index (χ4v) is 2.62. The average molecular weight is 363 g/mol. The van der Waals surface area contributed by atoms with Gasteiger partial charge in [0.15, 0.2) is 11.9 Å². The number of carbonyl (C=O) groups excluding carboxylic acids is 1. The lowest BCUT2D eigenvalue weighted by Crippen LogP contribution is -2.17. The number of halogens is 2. The van der Waals surface area contributed by atoms with Gasteiger partial charge in [-0.15, -0.1) is 0 Å². The molecule has 1 N–H and O–H groups in total. The van der Waals surface area contributed by atoms with Gasteiger partial charge in [0.1, 0.15) is 0 Å². The van der Waals surface area contributed by atoms with Gasteiger partial charge in [0, 0.05) is 0 Å². The van der Waals surface area contributed by atoms with Crippen LogP contribution in [-0.4, -0.2) is 15.9 Å². The van der Waals surface area contributed by atoms with E-state index < -0.39 is 12.1 Å². The quantitative estimate of drug-likeness (QED) is 0.710. The highest BCUT2D eigenvalue weighted by atomic mass is 35.5. The molecule has 0 bridgehead atoms. The van der Waals surface area contributed by atoms with Crippen molar-refractivity contribution in [2.45, 2.75) is 13.0 Å². The molecule has 0 spiro atoms. The summed E-state index contributed by atoms with van der Waals surface area (Å²) in [5, 5.41) is 0.852. The van der Waals surface area contributed by atoms with E-state index in [9.17, 15) is 9.59 Å². The lowest BCUT2D eigenvalue weighted by molar-refractivity contribution is 0.0320. The number of nitrogens with zero attached hydrogens (tertiary/aromatic N) is 1. The Balaban J connectivity index is 1.90. The van der Waals surface area contributed by atoms with Gasteiger partial charge in [-0.2, -0.15) is 0 Å². The largest absolute Gasteiger partial charge is 0.451 e. The van der Waals surface area contributed by atoms with Gasteiger partial charge in [0.2, 0.25) is 0 Å². The van der Waals surface area contributed by atoms with Crippen LogP contribution in [0.25, 0.3) is 10.9 Å².